The van der Waals surface area contributed by atoms with Gasteiger partial charge in [0.15, 0.2) is 0 Å². The van der Waals surface area contributed by atoms with Gasteiger partial charge in [0, 0.05) is 11.1 Å². The predicted octanol–water partition coefficient (Wildman–Crippen LogP) is 4.44. The molecule has 23 heavy (non-hydrogen) atoms. The Balaban J connectivity index is 2.84. The van der Waals surface area contributed by atoms with Crippen LogP contribution in [0.15, 0.2) is 69.4 Å². The standard InChI is InChI=1S/C21H22O2/c1-7-16-10-8-14(4)18-12-17(13(2)3)11-9-15(5)19(18)20(16)21(22)23-6/h1,8-13H,2-6H3. The van der Waals surface area contributed by atoms with Crippen molar-refractivity contribution < 1.29 is 9.53 Å². The van der Waals surface area contributed by atoms with Crippen molar-refractivity contribution in [3.8, 4) is 12.3 Å². The Labute approximate surface area is 138 Å². The number of hydrogen-bond acceptors (Lipinski definition) is 2. The zero-order valence-corrected chi connectivity index (χ0v) is 14.4. The van der Waals surface area contributed by atoms with E-state index in [1.807, 2.05) is 32.1 Å². The molecule has 0 amide bonds. The molecule has 0 atom stereocenters. The molecule has 2 aliphatic rings. The molecule has 2 aliphatic carbocycles. The quantitative estimate of drug-likeness (QED) is 0.557. The van der Waals surface area contributed by atoms with Crippen molar-refractivity contribution in [1.29, 1.82) is 0 Å². The van der Waals surface area contributed by atoms with E-state index in [-0.39, 0.29) is 0 Å². The number of carbonyl (C=O) groups is 1. The lowest BCUT2D eigenvalue weighted by Crippen LogP contribution is -2.11. The zero-order valence-electron chi connectivity index (χ0n) is 14.4. The highest BCUT2D eigenvalue weighted by Gasteiger charge is 2.26. The molecular formula is C21H22O2. The monoisotopic (exact) mass is 306 g/mol. The predicted molar refractivity (Wildman–Crippen MR) is 94.5 cm³/mol. The summed E-state index contributed by atoms with van der Waals surface area (Å²) in [4.78, 5) is 12.4. The average Bonchev–Trinajstić information content (AvgIpc) is 2.78. The maximum atomic E-state index is 12.4. The topological polar surface area (TPSA) is 26.3 Å². The zero-order chi connectivity index (χ0) is 17.1. The summed E-state index contributed by atoms with van der Waals surface area (Å²) in [5.41, 5.74) is 6.19. The second-order valence-corrected chi connectivity index (χ2v) is 6.04. The Morgan fingerprint density at radius 2 is 1.78 bits per heavy atom. The highest BCUT2D eigenvalue weighted by Crippen LogP contribution is 2.36. The van der Waals surface area contributed by atoms with Crippen molar-refractivity contribution in [2.45, 2.75) is 27.7 Å². The van der Waals surface area contributed by atoms with Gasteiger partial charge >= 0.3 is 5.97 Å². The van der Waals surface area contributed by atoms with E-state index in [2.05, 4.69) is 31.9 Å². The normalized spacial score (nSPS) is 17.7. The Morgan fingerprint density at radius 1 is 1.13 bits per heavy atom. The number of hydrogen-bond donors (Lipinski definition) is 0. The van der Waals surface area contributed by atoms with Crippen LogP contribution in [0, 0.1) is 18.3 Å². The summed E-state index contributed by atoms with van der Waals surface area (Å²) in [6.07, 6.45) is 15.7. The molecule has 0 heterocycles. The van der Waals surface area contributed by atoms with Crippen LogP contribution in [-0.4, -0.2) is 13.1 Å². The first-order valence-corrected chi connectivity index (χ1v) is 7.70. The molecule has 2 nitrogen and oxygen atoms in total. The second-order valence-electron chi connectivity index (χ2n) is 6.04. The van der Waals surface area contributed by atoms with Crippen LogP contribution in [0.1, 0.15) is 27.7 Å². The number of ether oxygens (including phenoxy) is 1. The van der Waals surface area contributed by atoms with E-state index in [1.54, 1.807) is 0 Å². The van der Waals surface area contributed by atoms with Crippen LogP contribution in [0.5, 0.6) is 0 Å². The van der Waals surface area contributed by atoms with Crippen LogP contribution in [0.25, 0.3) is 0 Å². The number of fused-ring (bicyclic) bond motifs is 1. The Bertz CT molecular complexity index is 769. The van der Waals surface area contributed by atoms with Gasteiger partial charge in [-0.2, -0.15) is 0 Å². The van der Waals surface area contributed by atoms with Gasteiger partial charge in [0.2, 0.25) is 0 Å². The van der Waals surface area contributed by atoms with E-state index in [9.17, 15) is 4.79 Å². The van der Waals surface area contributed by atoms with Crippen molar-refractivity contribution >= 4 is 5.97 Å². The van der Waals surface area contributed by atoms with Gasteiger partial charge in [-0.25, -0.2) is 4.79 Å². The van der Waals surface area contributed by atoms with Gasteiger partial charge in [-0.05, 0) is 48.1 Å². The lowest BCUT2D eigenvalue weighted by molar-refractivity contribution is -0.135. The third-order valence-corrected chi connectivity index (χ3v) is 4.16. The summed E-state index contributed by atoms with van der Waals surface area (Å²) < 4.78 is 5.00. The largest absolute Gasteiger partial charge is 0.465 e. The van der Waals surface area contributed by atoms with E-state index < -0.39 is 5.97 Å². The van der Waals surface area contributed by atoms with E-state index in [4.69, 9.17) is 11.2 Å². The molecule has 0 aliphatic heterocycles. The number of methoxy groups -OCH3 is 1. The molecule has 0 radical (unpaired) electrons. The smallest absolute Gasteiger partial charge is 0.339 e. The van der Waals surface area contributed by atoms with Gasteiger partial charge in [0.1, 0.15) is 0 Å². The van der Waals surface area contributed by atoms with Crippen molar-refractivity contribution in [3.63, 3.8) is 0 Å². The summed E-state index contributed by atoms with van der Waals surface area (Å²) in [5, 5.41) is 0. The molecule has 0 aromatic rings. The molecule has 0 aromatic heterocycles. The van der Waals surface area contributed by atoms with Crippen molar-refractivity contribution in [3.05, 3.63) is 69.4 Å². The number of terminal acetylenes is 1. The van der Waals surface area contributed by atoms with Crippen molar-refractivity contribution in [2.24, 2.45) is 5.92 Å². The molecule has 0 unspecified atom stereocenters. The van der Waals surface area contributed by atoms with Crippen molar-refractivity contribution in [1.82, 2.24) is 0 Å². The summed E-state index contributed by atoms with van der Waals surface area (Å²) in [6, 6.07) is 0. The van der Waals surface area contributed by atoms with E-state index in [0.717, 1.165) is 22.3 Å². The number of esters is 1. The number of allylic oxidation sites excluding steroid dienone is 10. The van der Waals surface area contributed by atoms with Gasteiger partial charge < -0.3 is 4.74 Å². The molecule has 2 rings (SSSR count). The third kappa shape index (κ3) is 3.14. The van der Waals surface area contributed by atoms with Crippen LogP contribution in [0.4, 0.5) is 0 Å². The number of carbonyl (C=O) groups excluding carboxylic acids is 1. The van der Waals surface area contributed by atoms with Gasteiger partial charge in [0.25, 0.3) is 0 Å². The van der Waals surface area contributed by atoms with Gasteiger partial charge in [0.05, 0.1) is 12.7 Å². The summed E-state index contributed by atoms with van der Waals surface area (Å²) >= 11 is 0. The molecule has 0 aromatic carbocycles. The molecule has 0 bridgehead atoms. The molecule has 0 fully saturated rings. The molecule has 0 spiro atoms. The first kappa shape index (κ1) is 16.8. The first-order chi connectivity index (χ1) is 10.9. The lowest BCUT2D eigenvalue weighted by Gasteiger charge is -2.15. The summed E-state index contributed by atoms with van der Waals surface area (Å²) in [7, 11) is 1.38. The van der Waals surface area contributed by atoms with Gasteiger partial charge in [-0.1, -0.05) is 44.1 Å². The minimum absolute atomic E-state index is 0.392. The van der Waals surface area contributed by atoms with Crippen LogP contribution >= 0.6 is 0 Å². The highest BCUT2D eigenvalue weighted by atomic mass is 16.5. The molecule has 0 saturated carbocycles. The van der Waals surface area contributed by atoms with Crippen LogP contribution in [-0.2, 0) is 9.53 Å². The molecule has 118 valence electrons. The molecule has 0 N–H and O–H groups in total. The van der Waals surface area contributed by atoms with Crippen LogP contribution in [0.2, 0.25) is 0 Å². The number of rotatable bonds is 2. The van der Waals surface area contributed by atoms with Gasteiger partial charge in [-0.15, -0.1) is 6.42 Å². The Kier molecular flexibility index (Phi) is 4.91. The first-order valence-electron chi connectivity index (χ1n) is 7.70. The third-order valence-electron chi connectivity index (χ3n) is 4.16. The Morgan fingerprint density at radius 3 is 2.35 bits per heavy atom. The minimum Gasteiger partial charge on any atom is -0.465 e. The highest BCUT2D eigenvalue weighted by molar-refractivity contribution is 5.99. The summed E-state index contributed by atoms with van der Waals surface area (Å²) in [6.45, 7) is 8.34. The van der Waals surface area contributed by atoms with E-state index >= 15 is 0 Å². The maximum Gasteiger partial charge on any atom is 0.339 e. The average molecular weight is 306 g/mol. The second kappa shape index (κ2) is 6.71. The minimum atomic E-state index is -0.404. The van der Waals surface area contributed by atoms with Crippen LogP contribution in [0.3, 0.4) is 0 Å². The lowest BCUT2D eigenvalue weighted by atomic mass is 9.89. The Hall–Kier alpha value is -2.53. The SMILES string of the molecule is C#CC1=C(C(=O)OC)C2=C(C)C=CC(C(C)C)=CC2=C(C)C=C1. The van der Waals surface area contributed by atoms with Gasteiger partial charge in [-0.3, -0.25) is 0 Å². The van der Waals surface area contributed by atoms with Crippen molar-refractivity contribution in [2.75, 3.05) is 7.11 Å². The maximum absolute atomic E-state index is 12.4. The summed E-state index contributed by atoms with van der Waals surface area (Å²) in [5.74, 6) is 2.61. The molecule has 2 heteroatoms. The fraction of sp³-hybridized carbons (Fsp3) is 0.286. The van der Waals surface area contributed by atoms with E-state index in [1.165, 1.54) is 12.7 Å². The fourth-order valence-corrected chi connectivity index (χ4v) is 2.76. The van der Waals surface area contributed by atoms with Crippen LogP contribution < -0.4 is 0 Å². The molecular weight excluding hydrogens is 284 g/mol. The molecule has 0 saturated heterocycles. The van der Waals surface area contributed by atoms with E-state index in [0.29, 0.717) is 17.1 Å². The fourth-order valence-electron chi connectivity index (χ4n) is 2.76.